The maximum atomic E-state index is 12.1. The molecular formula is C11H13ClN2O6S. The first kappa shape index (κ1) is 17.3. The summed E-state index contributed by atoms with van der Waals surface area (Å²) in [5.41, 5.74) is -0.363. The van der Waals surface area contributed by atoms with Crippen molar-refractivity contribution in [2.75, 3.05) is 0 Å². The van der Waals surface area contributed by atoms with Gasteiger partial charge in [0.05, 0.1) is 9.95 Å². The quantitative estimate of drug-likeness (QED) is 0.600. The Kier molecular flexibility index (Phi) is 5.26. The molecule has 0 aliphatic rings. The first-order chi connectivity index (χ1) is 9.56. The van der Waals surface area contributed by atoms with Crippen molar-refractivity contribution in [3.05, 3.63) is 33.3 Å². The SMILES string of the molecule is CC(C)C(NS(=O)(=O)c1ccc([N+](=O)[O-])cc1Cl)C(=O)O. The van der Waals surface area contributed by atoms with Crippen LogP contribution in [0.3, 0.4) is 0 Å². The summed E-state index contributed by atoms with van der Waals surface area (Å²) in [6.45, 7) is 3.08. The lowest BCUT2D eigenvalue weighted by atomic mass is 10.1. The maximum absolute atomic E-state index is 12.1. The van der Waals surface area contributed by atoms with Gasteiger partial charge in [-0.05, 0) is 12.0 Å². The number of hydrogen-bond acceptors (Lipinski definition) is 5. The summed E-state index contributed by atoms with van der Waals surface area (Å²) in [5, 5.41) is 19.2. The molecular weight excluding hydrogens is 324 g/mol. The highest BCUT2D eigenvalue weighted by molar-refractivity contribution is 7.89. The van der Waals surface area contributed by atoms with Crippen LogP contribution in [0, 0.1) is 16.0 Å². The van der Waals surface area contributed by atoms with Gasteiger partial charge in [0.1, 0.15) is 10.9 Å². The minimum Gasteiger partial charge on any atom is -0.480 e. The number of halogens is 1. The van der Waals surface area contributed by atoms with Crippen molar-refractivity contribution >= 4 is 33.3 Å². The van der Waals surface area contributed by atoms with E-state index in [2.05, 4.69) is 0 Å². The normalized spacial score (nSPS) is 13.1. The number of aliphatic carboxylic acids is 1. The number of carbonyl (C=O) groups is 1. The fourth-order valence-electron chi connectivity index (χ4n) is 1.52. The number of rotatable bonds is 6. The zero-order valence-electron chi connectivity index (χ0n) is 11.1. The predicted octanol–water partition coefficient (Wildman–Crippen LogP) is 1.64. The first-order valence-corrected chi connectivity index (χ1v) is 7.61. The van der Waals surface area contributed by atoms with Crippen molar-refractivity contribution in [3.8, 4) is 0 Å². The molecule has 0 spiro atoms. The molecule has 0 aromatic heterocycles. The molecule has 1 rings (SSSR count). The second-order valence-electron chi connectivity index (χ2n) is 4.55. The van der Waals surface area contributed by atoms with Crippen LogP contribution in [-0.4, -0.2) is 30.5 Å². The molecule has 8 nitrogen and oxygen atoms in total. The van der Waals surface area contributed by atoms with Crippen LogP contribution in [0.5, 0.6) is 0 Å². The lowest BCUT2D eigenvalue weighted by Gasteiger charge is -2.18. The number of hydrogen-bond donors (Lipinski definition) is 2. The van der Waals surface area contributed by atoms with E-state index in [1.54, 1.807) is 13.8 Å². The highest BCUT2D eigenvalue weighted by Gasteiger charge is 2.29. The van der Waals surface area contributed by atoms with E-state index in [9.17, 15) is 23.3 Å². The van der Waals surface area contributed by atoms with Crippen molar-refractivity contribution in [1.82, 2.24) is 4.72 Å². The number of nitrogens with one attached hydrogen (secondary N) is 1. The first-order valence-electron chi connectivity index (χ1n) is 5.75. The van der Waals surface area contributed by atoms with Gasteiger partial charge in [-0.1, -0.05) is 25.4 Å². The maximum Gasteiger partial charge on any atom is 0.322 e. The molecule has 0 amide bonds. The Morgan fingerprint density at radius 1 is 1.43 bits per heavy atom. The minimum atomic E-state index is -4.21. The van der Waals surface area contributed by atoms with Crippen LogP contribution >= 0.6 is 11.6 Å². The molecule has 0 radical (unpaired) electrons. The number of carboxylic acid groups (broad SMARTS) is 1. The number of sulfonamides is 1. The Labute approximate surface area is 125 Å². The summed E-state index contributed by atoms with van der Waals surface area (Å²) >= 11 is 5.73. The third-order valence-corrected chi connectivity index (χ3v) is 4.55. The van der Waals surface area contributed by atoms with Gasteiger partial charge in [0, 0.05) is 12.1 Å². The van der Waals surface area contributed by atoms with Gasteiger partial charge >= 0.3 is 5.97 Å². The van der Waals surface area contributed by atoms with Gasteiger partial charge in [-0.15, -0.1) is 0 Å². The second-order valence-corrected chi connectivity index (χ2v) is 6.64. The fraction of sp³-hybridized carbons (Fsp3) is 0.364. The molecule has 0 aliphatic carbocycles. The lowest BCUT2D eigenvalue weighted by Crippen LogP contribution is -2.44. The van der Waals surface area contributed by atoms with Gasteiger partial charge in [-0.3, -0.25) is 14.9 Å². The molecule has 2 N–H and O–H groups in total. The van der Waals surface area contributed by atoms with Crippen LogP contribution in [0.2, 0.25) is 5.02 Å². The zero-order valence-corrected chi connectivity index (χ0v) is 12.7. The van der Waals surface area contributed by atoms with Gasteiger partial charge in [0.2, 0.25) is 10.0 Å². The number of nitro benzene ring substituents is 1. The van der Waals surface area contributed by atoms with Crippen LogP contribution in [0.15, 0.2) is 23.1 Å². The molecule has 0 heterocycles. The van der Waals surface area contributed by atoms with E-state index in [-0.39, 0.29) is 10.7 Å². The average molecular weight is 337 g/mol. The van der Waals surface area contributed by atoms with Crippen molar-refractivity contribution in [2.24, 2.45) is 5.92 Å². The summed E-state index contributed by atoms with van der Waals surface area (Å²) in [6.07, 6.45) is 0. The topological polar surface area (TPSA) is 127 Å². The van der Waals surface area contributed by atoms with Crippen LogP contribution < -0.4 is 4.72 Å². The largest absolute Gasteiger partial charge is 0.480 e. The van der Waals surface area contributed by atoms with Gasteiger partial charge in [0.25, 0.3) is 5.69 Å². The third kappa shape index (κ3) is 4.13. The van der Waals surface area contributed by atoms with Gasteiger partial charge < -0.3 is 5.11 Å². The molecule has 0 saturated carbocycles. The fourth-order valence-corrected chi connectivity index (χ4v) is 3.40. The molecule has 0 saturated heterocycles. The molecule has 0 aliphatic heterocycles. The number of carboxylic acids is 1. The van der Waals surface area contributed by atoms with Crippen LogP contribution in [0.1, 0.15) is 13.8 Å². The number of benzene rings is 1. The van der Waals surface area contributed by atoms with Gasteiger partial charge in [0.15, 0.2) is 0 Å². The standard InChI is InChI=1S/C11H13ClN2O6S/c1-6(2)10(11(15)16)13-21(19,20)9-4-3-7(14(17)18)5-8(9)12/h3-6,10,13H,1-2H3,(H,15,16). The van der Waals surface area contributed by atoms with Crippen molar-refractivity contribution in [3.63, 3.8) is 0 Å². The monoisotopic (exact) mass is 336 g/mol. The minimum absolute atomic E-state index is 0.357. The molecule has 116 valence electrons. The lowest BCUT2D eigenvalue weighted by molar-refractivity contribution is -0.384. The molecule has 0 fully saturated rings. The molecule has 1 aromatic carbocycles. The number of non-ortho nitro benzene ring substituents is 1. The van der Waals surface area contributed by atoms with E-state index in [4.69, 9.17) is 16.7 Å². The Morgan fingerprint density at radius 2 is 2.00 bits per heavy atom. The van der Waals surface area contributed by atoms with Crippen molar-refractivity contribution < 1.29 is 23.2 Å². The van der Waals surface area contributed by atoms with Gasteiger partial charge in [-0.25, -0.2) is 8.42 Å². The van der Waals surface area contributed by atoms with Crippen molar-refractivity contribution in [2.45, 2.75) is 24.8 Å². The van der Waals surface area contributed by atoms with E-state index in [0.29, 0.717) is 0 Å². The second kappa shape index (κ2) is 6.37. The Bertz CT molecular complexity index is 673. The van der Waals surface area contributed by atoms with Crippen LogP contribution in [0.25, 0.3) is 0 Å². The van der Waals surface area contributed by atoms with E-state index in [1.807, 2.05) is 4.72 Å². The Morgan fingerprint density at radius 3 is 2.38 bits per heavy atom. The third-order valence-electron chi connectivity index (χ3n) is 2.63. The summed E-state index contributed by atoms with van der Waals surface area (Å²) in [6, 6.07) is 1.50. The predicted molar refractivity (Wildman–Crippen MR) is 74.7 cm³/mol. The Hall–Kier alpha value is -1.71. The molecule has 1 atom stereocenters. The molecule has 21 heavy (non-hydrogen) atoms. The molecule has 10 heteroatoms. The van der Waals surface area contributed by atoms with Crippen LogP contribution in [0.4, 0.5) is 5.69 Å². The zero-order chi connectivity index (χ0) is 16.4. The van der Waals surface area contributed by atoms with Crippen LogP contribution in [-0.2, 0) is 14.8 Å². The van der Waals surface area contributed by atoms with Crippen molar-refractivity contribution in [1.29, 1.82) is 0 Å². The number of nitrogens with zero attached hydrogens (tertiary/aromatic N) is 1. The average Bonchev–Trinajstić information content (AvgIpc) is 2.34. The smallest absolute Gasteiger partial charge is 0.322 e. The molecule has 1 aromatic rings. The highest BCUT2D eigenvalue weighted by Crippen LogP contribution is 2.26. The summed E-state index contributed by atoms with van der Waals surface area (Å²) < 4.78 is 26.3. The summed E-state index contributed by atoms with van der Waals surface area (Å²) in [4.78, 5) is 20.5. The molecule has 0 bridgehead atoms. The van der Waals surface area contributed by atoms with E-state index in [0.717, 1.165) is 18.2 Å². The summed E-state index contributed by atoms with van der Waals surface area (Å²) in [5.74, 6) is -1.82. The molecule has 1 unspecified atom stereocenters. The highest BCUT2D eigenvalue weighted by atomic mass is 35.5. The van der Waals surface area contributed by atoms with E-state index in [1.165, 1.54) is 0 Å². The van der Waals surface area contributed by atoms with E-state index >= 15 is 0 Å². The van der Waals surface area contributed by atoms with E-state index < -0.39 is 37.8 Å². The summed E-state index contributed by atoms with van der Waals surface area (Å²) in [7, 11) is -4.21. The number of nitro groups is 1. The van der Waals surface area contributed by atoms with Gasteiger partial charge in [-0.2, -0.15) is 4.72 Å². The Balaban J connectivity index is 3.19.